The maximum Gasteiger partial charge on any atom is 0.201 e. The van der Waals surface area contributed by atoms with Crippen LogP contribution in [0.1, 0.15) is 28.2 Å². The number of likely N-dealkylation sites (N-methyl/N-ethyl adjacent to an activating group) is 1. The van der Waals surface area contributed by atoms with Crippen LogP contribution in [0, 0.1) is 6.92 Å². The molecule has 0 aliphatic carbocycles. The molecule has 1 atom stereocenters. The normalized spacial score (nSPS) is 18.9. The number of nitrogens with zero attached hydrogens (tertiary/aromatic N) is 1. The number of phenolic OH excluding ortho intramolecular Hbond substituents is 1. The third-order valence-corrected chi connectivity index (χ3v) is 5.69. The number of halogens is 1. The summed E-state index contributed by atoms with van der Waals surface area (Å²) in [7, 11) is 3.67. The zero-order chi connectivity index (χ0) is 16.3. The molecule has 4 rings (SSSR count). The second kappa shape index (κ2) is 5.14. The van der Waals surface area contributed by atoms with Crippen LogP contribution >= 0.6 is 15.9 Å². The summed E-state index contributed by atoms with van der Waals surface area (Å²) in [5.74, 6) is 2.04. The number of hydrogen-bond acceptors (Lipinski definition) is 4. The first-order chi connectivity index (χ1) is 11.0. The Morgan fingerprint density at radius 1 is 1.39 bits per heavy atom. The van der Waals surface area contributed by atoms with Gasteiger partial charge in [-0.25, -0.2) is 0 Å². The molecule has 0 radical (unpaired) electrons. The van der Waals surface area contributed by atoms with Crippen LogP contribution in [0.2, 0.25) is 0 Å². The Morgan fingerprint density at radius 3 is 2.91 bits per heavy atom. The van der Waals surface area contributed by atoms with Crippen LogP contribution in [-0.2, 0) is 6.54 Å². The molecule has 1 N–H and O–H groups in total. The number of methoxy groups -OCH3 is 1. The molecular formula is C18H18BrNO3. The molecule has 0 aromatic heterocycles. The molecule has 0 bridgehead atoms. The van der Waals surface area contributed by atoms with Crippen molar-refractivity contribution in [3.05, 3.63) is 44.9 Å². The minimum absolute atomic E-state index is 0.0714. The van der Waals surface area contributed by atoms with Crippen molar-refractivity contribution in [2.24, 2.45) is 0 Å². The van der Waals surface area contributed by atoms with Gasteiger partial charge in [0.2, 0.25) is 5.75 Å². The zero-order valence-electron chi connectivity index (χ0n) is 13.3. The van der Waals surface area contributed by atoms with E-state index in [1.807, 2.05) is 18.2 Å². The number of aromatic hydroxyl groups is 1. The maximum atomic E-state index is 10.5. The van der Waals surface area contributed by atoms with E-state index in [4.69, 9.17) is 9.47 Å². The first-order valence-electron chi connectivity index (χ1n) is 7.59. The van der Waals surface area contributed by atoms with Crippen molar-refractivity contribution in [2.45, 2.75) is 19.4 Å². The van der Waals surface area contributed by atoms with Crippen LogP contribution < -0.4 is 9.47 Å². The standard InChI is InChI=1S/C18H18BrNO3/c1-9-11-7-20(2)8-12-10-4-5-14(22-3)17(21)18(10)23-15(16(11)12)6-13(9)19/h4-6,12,21H,7-8H2,1-3H3. The third-order valence-electron chi connectivity index (χ3n) is 4.86. The van der Waals surface area contributed by atoms with Crippen LogP contribution in [0.25, 0.3) is 0 Å². The predicted octanol–water partition coefficient (Wildman–Crippen LogP) is 4.15. The van der Waals surface area contributed by atoms with Gasteiger partial charge in [0.05, 0.1) is 7.11 Å². The monoisotopic (exact) mass is 375 g/mol. The van der Waals surface area contributed by atoms with E-state index in [0.717, 1.165) is 28.9 Å². The smallest absolute Gasteiger partial charge is 0.201 e. The molecule has 2 aromatic carbocycles. The Morgan fingerprint density at radius 2 is 2.17 bits per heavy atom. The topological polar surface area (TPSA) is 41.9 Å². The van der Waals surface area contributed by atoms with Crippen LogP contribution in [0.3, 0.4) is 0 Å². The summed E-state index contributed by atoms with van der Waals surface area (Å²) >= 11 is 3.63. The van der Waals surface area contributed by atoms with Gasteiger partial charge < -0.3 is 19.5 Å². The van der Waals surface area contributed by atoms with E-state index in [-0.39, 0.29) is 11.7 Å². The van der Waals surface area contributed by atoms with E-state index in [9.17, 15) is 5.11 Å². The highest BCUT2D eigenvalue weighted by Gasteiger charge is 2.37. The minimum atomic E-state index is 0.0714. The summed E-state index contributed by atoms with van der Waals surface area (Å²) in [6.45, 7) is 3.95. The van der Waals surface area contributed by atoms with Crippen molar-refractivity contribution in [1.82, 2.24) is 4.90 Å². The van der Waals surface area contributed by atoms with Crippen LogP contribution in [0.5, 0.6) is 23.0 Å². The van der Waals surface area contributed by atoms with Gasteiger partial charge in [0.25, 0.3) is 0 Å². The molecule has 0 amide bonds. The number of ether oxygens (including phenoxy) is 2. The summed E-state index contributed by atoms with van der Waals surface area (Å²) in [6, 6.07) is 5.82. The summed E-state index contributed by atoms with van der Waals surface area (Å²) in [6.07, 6.45) is 0. The van der Waals surface area contributed by atoms with Gasteiger partial charge in [0.1, 0.15) is 5.75 Å². The van der Waals surface area contributed by atoms with Gasteiger partial charge in [-0.1, -0.05) is 22.0 Å². The Balaban J connectivity index is 1.99. The SMILES string of the molecule is COc1ccc2c(c1O)Oc1cc(Br)c(C)c3c1C2CN(C)C3. The molecule has 0 saturated heterocycles. The van der Waals surface area contributed by atoms with Crippen molar-refractivity contribution in [3.63, 3.8) is 0 Å². The fourth-order valence-electron chi connectivity index (χ4n) is 3.68. The van der Waals surface area contributed by atoms with E-state index in [2.05, 4.69) is 34.8 Å². The molecule has 1 unspecified atom stereocenters. The van der Waals surface area contributed by atoms with Crippen molar-refractivity contribution in [3.8, 4) is 23.0 Å². The molecular weight excluding hydrogens is 358 g/mol. The fraction of sp³-hybridized carbons (Fsp3) is 0.333. The lowest BCUT2D eigenvalue weighted by Gasteiger charge is -2.38. The van der Waals surface area contributed by atoms with Crippen molar-refractivity contribution in [1.29, 1.82) is 0 Å². The second-order valence-corrected chi connectivity index (χ2v) is 7.11. The third kappa shape index (κ3) is 2.07. The zero-order valence-corrected chi connectivity index (χ0v) is 14.9. The molecule has 2 aliphatic heterocycles. The lowest BCUT2D eigenvalue weighted by atomic mass is 9.80. The molecule has 23 heavy (non-hydrogen) atoms. The molecule has 0 spiro atoms. The van der Waals surface area contributed by atoms with Gasteiger partial charge in [-0.2, -0.15) is 0 Å². The van der Waals surface area contributed by atoms with E-state index in [1.165, 1.54) is 16.7 Å². The Labute approximate surface area is 143 Å². The molecule has 0 fully saturated rings. The highest BCUT2D eigenvalue weighted by molar-refractivity contribution is 9.10. The molecule has 2 aromatic rings. The highest BCUT2D eigenvalue weighted by atomic mass is 79.9. The molecule has 2 heterocycles. The summed E-state index contributed by atoms with van der Waals surface area (Å²) in [5.41, 5.74) is 4.84. The minimum Gasteiger partial charge on any atom is -0.502 e. The van der Waals surface area contributed by atoms with Crippen molar-refractivity contribution in [2.75, 3.05) is 20.7 Å². The van der Waals surface area contributed by atoms with E-state index in [0.29, 0.717) is 11.5 Å². The Hall–Kier alpha value is -1.72. The molecule has 2 aliphatic rings. The van der Waals surface area contributed by atoms with Crippen LogP contribution in [-0.4, -0.2) is 30.7 Å². The number of benzene rings is 2. The summed E-state index contributed by atoms with van der Waals surface area (Å²) < 4.78 is 12.3. The van der Waals surface area contributed by atoms with Crippen LogP contribution in [0.15, 0.2) is 22.7 Å². The van der Waals surface area contributed by atoms with E-state index >= 15 is 0 Å². The number of hydrogen-bond donors (Lipinski definition) is 1. The van der Waals surface area contributed by atoms with E-state index < -0.39 is 0 Å². The number of rotatable bonds is 1. The van der Waals surface area contributed by atoms with Gasteiger partial charge in [-0.05, 0) is 37.2 Å². The van der Waals surface area contributed by atoms with Gasteiger partial charge in [-0.3, -0.25) is 0 Å². The quantitative estimate of drug-likeness (QED) is 0.812. The van der Waals surface area contributed by atoms with Crippen molar-refractivity contribution >= 4 is 15.9 Å². The van der Waals surface area contributed by atoms with Gasteiger partial charge >= 0.3 is 0 Å². The van der Waals surface area contributed by atoms with Gasteiger partial charge in [0, 0.05) is 34.6 Å². The lowest BCUT2D eigenvalue weighted by molar-refractivity contribution is 0.276. The fourth-order valence-corrected chi connectivity index (χ4v) is 4.13. The lowest BCUT2D eigenvalue weighted by Crippen LogP contribution is -2.33. The largest absolute Gasteiger partial charge is 0.502 e. The Bertz CT molecular complexity index is 819. The average Bonchev–Trinajstić information content (AvgIpc) is 2.53. The molecule has 4 nitrogen and oxygen atoms in total. The molecule has 0 saturated carbocycles. The summed E-state index contributed by atoms with van der Waals surface area (Å²) in [5, 5.41) is 10.5. The Kier molecular flexibility index (Phi) is 3.32. The first-order valence-corrected chi connectivity index (χ1v) is 8.38. The maximum absolute atomic E-state index is 10.5. The summed E-state index contributed by atoms with van der Waals surface area (Å²) in [4.78, 5) is 2.31. The van der Waals surface area contributed by atoms with Gasteiger partial charge in [0.15, 0.2) is 11.5 Å². The number of phenols is 1. The highest BCUT2D eigenvalue weighted by Crippen LogP contribution is 2.54. The first kappa shape index (κ1) is 14.8. The number of fused-ring (bicyclic) bond motifs is 2. The van der Waals surface area contributed by atoms with Gasteiger partial charge in [-0.15, -0.1) is 0 Å². The van der Waals surface area contributed by atoms with E-state index in [1.54, 1.807) is 7.11 Å². The van der Waals surface area contributed by atoms with Crippen molar-refractivity contribution < 1.29 is 14.6 Å². The predicted molar refractivity (Wildman–Crippen MR) is 91.8 cm³/mol. The molecule has 120 valence electrons. The van der Waals surface area contributed by atoms with Crippen LogP contribution in [0.4, 0.5) is 0 Å². The average molecular weight is 376 g/mol. The molecule has 5 heteroatoms. The second-order valence-electron chi connectivity index (χ2n) is 6.26.